The van der Waals surface area contributed by atoms with Crippen molar-refractivity contribution in [3.05, 3.63) is 271 Å². The van der Waals surface area contributed by atoms with E-state index in [1.54, 1.807) is 0 Å². The summed E-state index contributed by atoms with van der Waals surface area (Å²) in [6.45, 7) is 40.3. The molecule has 0 amide bonds. The third-order valence-corrected chi connectivity index (χ3v) is 23.1. The molecular formula is C94H86N4O2. The van der Waals surface area contributed by atoms with Crippen LogP contribution in [-0.2, 0) is 31.5 Å². The van der Waals surface area contributed by atoms with Gasteiger partial charge in [-0.05, 0) is 158 Å². The number of nitrogens with zero attached hydrogens (tertiary/aromatic N) is 4. The SMILES string of the molecule is CC(C)(C)C1=CC(=C2C=Cc3ccccc3[C@]23c2c(ccc4ccccc24)-c2nc4c5cc(C(C)(C)C)cc6c7nc8n(c7c7cc(C(C)(C)C)cc(c7c56)c4n23)[C@@]2(C(=C3C=C(C(C)(C)C)C(=O)C(C(C)(C)C)=C3)C=Cc3ccccc32)c2c-8ccc3ccccc23)C=C(C(C)(C)C)C1=O. The molecule has 100 heavy (non-hydrogen) atoms. The van der Waals surface area contributed by atoms with Crippen LogP contribution < -0.4 is 0 Å². The lowest BCUT2D eigenvalue weighted by Gasteiger charge is -2.42. The highest BCUT2D eigenvalue weighted by Crippen LogP contribution is 2.64. The molecule has 0 radical (unpaired) electrons. The zero-order valence-electron chi connectivity index (χ0n) is 61.1. The number of rotatable bonds is 0. The molecule has 0 saturated heterocycles. The lowest BCUT2D eigenvalue weighted by Crippen LogP contribution is -2.39. The van der Waals surface area contributed by atoms with E-state index < -0.39 is 32.7 Å². The number of imidazole rings is 2. The van der Waals surface area contributed by atoms with Crippen molar-refractivity contribution in [3.8, 4) is 22.8 Å². The first-order chi connectivity index (χ1) is 47.2. The maximum absolute atomic E-state index is 15.2. The predicted molar refractivity (Wildman–Crippen MR) is 418 cm³/mol. The molecule has 494 valence electrons. The van der Waals surface area contributed by atoms with Crippen molar-refractivity contribution in [2.75, 3.05) is 0 Å². The first-order valence-corrected chi connectivity index (χ1v) is 36.0. The van der Waals surface area contributed by atoms with Gasteiger partial charge in [0, 0.05) is 76.9 Å². The number of aromatic nitrogens is 4. The zero-order chi connectivity index (χ0) is 70.0. The van der Waals surface area contributed by atoms with Gasteiger partial charge in [0.2, 0.25) is 0 Å². The Morgan fingerprint density at radius 3 is 1.03 bits per heavy atom. The number of allylic oxidation sites excluding steroid dienone is 14. The van der Waals surface area contributed by atoms with E-state index >= 15 is 9.59 Å². The summed E-state index contributed by atoms with van der Waals surface area (Å²) in [4.78, 5) is 43.0. The average Bonchev–Trinajstić information content (AvgIpc) is 1.47. The number of hydrogen-bond acceptors (Lipinski definition) is 4. The van der Waals surface area contributed by atoms with Gasteiger partial charge < -0.3 is 9.13 Å². The molecule has 18 rings (SSSR count). The molecule has 2 spiro atoms. The molecule has 2 aliphatic heterocycles. The molecule has 0 saturated carbocycles. The summed E-state index contributed by atoms with van der Waals surface area (Å²) in [6, 6.07) is 55.2. The number of carbonyl (C=O) groups excluding carboxylic acids is 2. The largest absolute Gasteiger partial charge is 0.304 e. The van der Waals surface area contributed by atoms with Gasteiger partial charge in [0.15, 0.2) is 11.6 Å². The molecule has 12 aromatic rings. The number of benzene rings is 10. The summed E-state index contributed by atoms with van der Waals surface area (Å²) in [5, 5.41) is 11.4. The van der Waals surface area contributed by atoms with Crippen LogP contribution in [0.4, 0.5) is 0 Å². The van der Waals surface area contributed by atoms with Crippen LogP contribution >= 0.6 is 0 Å². The average molecular weight is 1300 g/mol. The minimum atomic E-state index is -1.04. The maximum Gasteiger partial charge on any atom is 0.186 e. The smallest absolute Gasteiger partial charge is 0.186 e. The summed E-state index contributed by atoms with van der Waals surface area (Å²) in [6.07, 6.45) is 18.3. The fraction of sp³-hybridized carbons (Fsp3) is 0.277. The zero-order valence-corrected chi connectivity index (χ0v) is 61.1. The van der Waals surface area contributed by atoms with E-state index in [1.165, 1.54) is 27.6 Å². The van der Waals surface area contributed by atoms with Gasteiger partial charge >= 0.3 is 0 Å². The summed E-state index contributed by atoms with van der Waals surface area (Å²) in [5.74, 6) is 2.03. The monoisotopic (exact) mass is 1300 g/mol. The molecule has 10 aromatic carbocycles. The first-order valence-electron chi connectivity index (χ1n) is 36.0. The standard InChI is InChI=1S/C94H86N4O2/c1-87(2,3)57-47-63-75-64(48-57)80-82(98-86(96-80)62-40-36-52-28-20-24-32-60(52)78(62)94(98)68-34-26-22-30-54(68)38-42-70(94)56-45-73(91(13,14)15)84(100)74(46-56)92(16,17)18)66-50-58(88(4,5)6)49-65(76(66)75)81-79(63)95-85-61-39-35-51-27-19-23-31-59(51)77(61)93(97(81)85)67-33-25-21-29-53(67)37-41-69(93)55-43-71(89(7,8)9)83(99)72(44-55)90(10,11)12/h19-50H,1-18H3/t93-,94+. The summed E-state index contributed by atoms with van der Waals surface area (Å²) >= 11 is 0. The molecule has 2 aromatic heterocycles. The van der Waals surface area contributed by atoms with Crippen molar-refractivity contribution < 1.29 is 9.59 Å². The van der Waals surface area contributed by atoms with E-state index in [9.17, 15) is 0 Å². The number of hydrogen-bond donors (Lipinski definition) is 0. The van der Waals surface area contributed by atoms with Crippen LogP contribution in [-0.4, -0.2) is 30.7 Å². The van der Waals surface area contributed by atoms with Gasteiger partial charge in [-0.15, -0.1) is 0 Å². The van der Waals surface area contributed by atoms with Crippen molar-refractivity contribution in [2.45, 2.75) is 147 Å². The molecule has 6 aliphatic rings. The van der Waals surface area contributed by atoms with Gasteiger partial charge in [0.25, 0.3) is 0 Å². The molecular weight excluding hydrogens is 1220 g/mol. The summed E-state index contributed by atoms with van der Waals surface area (Å²) in [7, 11) is 0. The third-order valence-electron chi connectivity index (χ3n) is 23.1. The van der Waals surface area contributed by atoms with Crippen LogP contribution in [0.5, 0.6) is 0 Å². The van der Waals surface area contributed by atoms with Crippen molar-refractivity contribution >= 4 is 99.6 Å². The van der Waals surface area contributed by atoms with E-state index in [0.29, 0.717) is 0 Å². The number of ketones is 2. The van der Waals surface area contributed by atoms with Crippen molar-refractivity contribution in [2.24, 2.45) is 21.7 Å². The van der Waals surface area contributed by atoms with Gasteiger partial charge in [0.1, 0.15) is 22.7 Å². The lowest BCUT2D eigenvalue weighted by atomic mass is 9.66. The Balaban J connectivity index is 1.11. The molecule has 0 bridgehead atoms. The Morgan fingerprint density at radius 2 is 0.670 bits per heavy atom. The highest BCUT2D eigenvalue weighted by atomic mass is 16.1. The second kappa shape index (κ2) is 19.9. The van der Waals surface area contributed by atoms with Crippen molar-refractivity contribution in [3.63, 3.8) is 0 Å². The van der Waals surface area contributed by atoms with Crippen LogP contribution in [0.1, 0.15) is 169 Å². The van der Waals surface area contributed by atoms with Gasteiger partial charge in [0.05, 0.1) is 22.1 Å². The second-order valence-corrected chi connectivity index (χ2v) is 35.6. The quantitative estimate of drug-likeness (QED) is 0.142. The van der Waals surface area contributed by atoms with Crippen molar-refractivity contribution in [1.29, 1.82) is 0 Å². The van der Waals surface area contributed by atoms with E-state index in [-0.39, 0.29) is 22.4 Å². The molecule has 6 nitrogen and oxygen atoms in total. The highest BCUT2D eigenvalue weighted by Gasteiger charge is 2.56. The summed E-state index contributed by atoms with van der Waals surface area (Å²) < 4.78 is 5.38. The molecule has 2 atom stereocenters. The van der Waals surface area contributed by atoms with E-state index in [4.69, 9.17) is 9.97 Å². The number of Topliss-reactive ketones (excluding diaryl/α,β-unsaturated/α-hetero) is 2. The Morgan fingerprint density at radius 1 is 0.340 bits per heavy atom. The normalized spacial score (nSPS) is 19.3. The van der Waals surface area contributed by atoms with Gasteiger partial charge in [-0.25, -0.2) is 9.97 Å². The lowest BCUT2D eigenvalue weighted by molar-refractivity contribution is -0.114. The van der Waals surface area contributed by atoms with Crippen LogP contribution in [0.3, 0.4) is 0 Å². The van der Waals surface area contributed by atoms with E-state index in [1.807, 2.05) is 0 Å². The van der Waals surface area contributed by atoms with Gasteiger partial charge in [-0.3, -0.25) is 9.59 Å². The minimum absolute atomic E-state index is 0.107. The van der Waals surface area contributed by atoms with E-state index in [0.717, 1.165) is 160 Å². The predicted octanol–water partition coefficient (Wildman–Crippen LogP) is 23.4. The minimum Gasteiger partial charge on any atom is -0.304 e. The van der Waals surface area contributed by atoms with Crippen LogP contribution in [0, 0.1) is 21.7 Å². The van der Waals surface area contributed by atoms with Crippen molar-refractivity contribution in [1.82, 2.24) is 19.1 Å². The Kier molecular flexibility index (Phi) is 12.4. The highest BCUT2D eigenvalue weighted by molar-refractivity contribution is 6.39. The van der Waals surface area contributed by atoms with Gasteiger partial charge in [-0.2, -0.15) is 0 Å². The third kappa shape index (κ3) is 8.13. The fourth-order valence-corrected chi connectivity index (χ4v) is 18.3. The van der Waals surface area contributed by atoms with Crippen LogP contribution in [0.2, 0.25) is 0 Å². The molecule has 0 N–H and O–H groups in total. The second-order valence-electron chi connectivity index (χ2n) is 35.6. The van der Waals surface area contributed by atoms with Crippen LogP contribution in [0.25, 0.3) is 111 Å². The molecule has 4 heterocycles. The summed E-state index contributed by atoms with van der Waals surface area (Å²) in [5.41, 5.74) is 18.4. The number of fused-ring (bicyclic) bond motifs is 26. The topological polar surface area (TPSA) is 69.8 Å². The number of carbonyl (C=O) groups is 2. The van der Waals surface area contributed by atoms with E-state index in [2.05, 4.69) is 328 Å². The Bertz CT molecular complexity index is 5670. The molecule has 0 fully saturated rings. The molecule has 0 unspecified atom stereocenters. The Hall–Kier alpha value is -10.0. The maximum atomic E-state index is 15.2. The fourth-order valence-electron chi connectivity index (χ4n) is 18.3. The Labute approximate surface area is 587 Å². The first kappa shape index (κ1) is 62.2. The molecule has 6 heteroatoms. The van der Waals surface area contributed by atoms with Gasteiger partial charge in [-0.1, -0.05) is 270 Å². The molecule has 4 aliphatic carbocycles. The van der Waals surface area contributed by atoms with Crippen LogP contribution in [0.15, 0.2) is 227 Å².